The molecule has 0 aliphatic heterocycles. The van der Waals surface area contributed by atoms with Gasteiger partial charge in [-0.1, -0.05) is 0 Å². The molecular weight excluding hydrogens is 288 g/mol. The molecule has 0 aromatic carbocycles. The number of aliphatic hydroxyl groups excluding tert-OH is 1. The van der Waals surface area contributed by atoms with E-state index in [1.807, 2.05) is 0 Å². The van der Waals surface area contributed by atoms with E-state index in [-0.39, 0.29) is 27.0 Å². The zero-order valence-electron chi connectivity index (χ0n) is 9.55. The number of hydrogen-bond acceptors (Lipinski definition) is 1. The fourth-order valence-corrected chi connectivity index (χ4v) is 7.31. The molecule has 2 fully saturated rings. The molecule has 0 aromatic heterocycles. The third-order valence-electron chi connectivity index (χ3n) is 4.95. The van der Waals surface area contributed by atoms with E-state index in [9.17, 15) is 5.11 Å². The topological polar surface area (TPSA) is 20.2 Å². The molecule has 0 aromatic rings. The van der Waals surface area contributed by atoms with E-state index in [4.69, 9.17) is 0 Å². The molecule has 2 bridgehead atoms. The fourth-order valence-electron chi connectivity index (χ4n) is 3.66. The molecule has 2 saturated carbocycles. The van der Waals surface area contributed by atoms with Crippen LogP contribution in [0.25, 0.3) is 0 Å². The van der Waals surface area contributed by atoms with Crippen molar-refractivity contribution in [3.8, 4) is 0 Å². The molecule has 0 radical (unpaired) electrons. The van der Waals surface area contributed by atoms with Gasteiger partial charge in [0.2, 0.25) is 0 Å². The van der Waals surface area contributed by atoms with E-state index in [1.54, 1.807) is 0 Å². The van der Waals surface area contributed by atoms with Crippen molar-refractivity contribution in [1.29, 1.82) is 0 Å². The first kappa shape index (κ1) is 11.2. The van der Waals surface area contributed by atoms with Crippen LogP contribution in [-0.2, 0) is 0 Å². The van der Waals surface area contributed by atoms with Crippen molar-refractivity contribution in [3.05, 3.63) is 0 Å². The molecule has 2 aliphatic carbocycles. The summed E-state index contributed by atoms with van der Waals surface area (Å²) in [5, 5.41) is 10.3. The molecule has 0 heterocycles. The minimum absolute atomic E-state index is 0.0212. The van der Waals surface area contributed by atoms with Crippen molar-refractivity contribution in [2.45, 2.75) is 55.1 Å². The maximum absolute atomic E-state index is 10.3. The van der Waals surface area contributed by atoms with Crippen molar-refractivity contribution in [1.82, 2.24) is 0 Å². The molecule has 0 spiro atoms. The number of hydrogen-bond donors (Lipinski definition) is 1. The first-order chi connectivity index (χ1) is 6.54. The van der Waals surface area contributed by atoms with Crippen molar-refractivity contribution in [2.24, 2.45) is 16.7 Å². The van der Waals surface area contributed by atoms with E-state index in [0.717, 1.165) is 12.3 Å². The Morgan fingerprint density at radius 2 is 2.14 bits per heavy atom. The Morgan fingerprint density at radius 1 is 1.43 bits per heavy atom. The number of fused-ring (bicyclic) bond motifs is 2. The summed E-state index contributed by atoms with van der Waals surface area (Å²) >= 11 is 0.167. The van der Waals surface area contributed by atoms with Crippen LogP contribution in [0.5, 0.6) is 0 Å². The van der Waals surface area contributed by atoms with Gasteiger partial charge >= 0.3 is 97.9 Å². The molecule has 82 valence electrons. The molecule has 1 nitrogen and oxygen atoms in total. The van der Waals surface area contributed by atoms with Gasteiger partial charge in [-0.25, -0.2) is 0 Å². The van der Waals surface area contributed by atoms with E-state index in [1.165, 1.54) is 21.8 Å². The molecule has 0 unspecified atom stereocenters. The molecule has 0 amide bonds. The monoisotopic (exact) mass is 312 g/mol. The Hall–Kier alpha value is 0.750. The van der Waals surface area contributed by atoms with Crippen LogP contribution in [-0.4, -0.2) is 32.1 Å². The van der Waals surface area contributed by atoms with Crippen molar-refractivity contribution < 1.29 is 5.11 Å². The van der Waals surface area contributed by atoms with Gasteiger partial charge in [-0.05, 0) is 0 Å². The second kappa shape index (κ2) is 3.65. The molecule has 2 heteroatoms. The van der Waals surface area contributed by atoms with Gasteiger partial charge in [0.25, 0.3) is 0 Å². The summed E-state index contributed by atoms with van der Waals surface area (Å²) in [4.78, 5) is 0. The zero-order valence-corrected chi connectivity index (χ0v) is 11.9. The molecular formula is C12H22OTe. The Balaban J connectivity index is 2.21. The Bertz CT molecular complexity index is 226. The summed E-state index contributed by atoms with van der Waals surface area (Å²) in [6.45, 7) is 7.12. The summed E-state index contributed by atoms with van der Waals surface area (Å²) in [6.07, 6.45) is 3.79. The third-order valence-corrected chi connectivity index (χ3v) is 8.17. The molecule has 3 atom stereocenters. The molecule has 0 saturated heterocycles. The van der Waals surface area contributed by atoms with Gasteiger partial charge in [0.1, 0.15) is 0 Å². The Morgan fingerprint density at radius 3 is 2.57 bits per heavy atom. The van der Waals surface area contributed by atoms with Crippen LogP contribution in [0.4, 0.5) is 0 Å². The SMILES string of the molecule is CC[Te]C[C@]12CC[C@H](C[C@H]1O)C2(C)C. The predicted molar refractivity (Wildman–Crippen MR) is 60.6 cm³/mol. The van der Waals surface area contributed by atoms with Crippen LogP contribution in [0.15, 0.2) is 0 Å². The van der Waals surface area contributed by atoms with Gasteiger partial charge in [-0.3, -0.25) is 0 Å². The average Bonchev–Trinajstić information content (AvgIpc) is 2.48. The van der Waals surface area contributed by atoms with Gasteiger partial charge in [0.05, 0.1) is 0 Å². The van der Waals surface area contributed by atoms with Crippen LogP contribution >= 0.6 is 0 Å². The van der Waals surface area contributed by atoms with Crippen molar-refractivity contribution >= 4 is 20.9 Å². The molecule has 1 N–H and O–H groups in total. The Kier molecular flexibility index (Phi) is 2.93. The maximum atomic E-state index is 10.3. The summed E-state index contributed by atoms with van der Waals surface area (Å²) in [6, 6.07) is 0. The first-order valence-electron chi connectivity index (χ1n) is 5.80. The van der Waals surface area contributed by atoms with Gasteiger partial charge in [-0.15, -0.1) is 0 Å². The number of aliphatic hydroxyl groups is 1. The van der Waals surface area contributed by atoms with E-state index in [0.29, 0.717) is 10.8 Å². The Labute approximate surface area is 97.7 Å². The standard InChI is InChI=1S/C12H22OTe/c1-4-14-8-12-6-5-9(7-10(12)13)11(12,2)3/h9-10,13H,4-8H2,1-3H3/t9-,10-,12-/m1/s1. The van der Waals surface area contributed by atoms with Crippen LogP contribution in [0, 0.1) is 16.7 Å². The van der Waals surface area contributed by atoms with E-state index < -0.39 is 0 Å². The average molecular weight is 310 g/mol. The normalized spacial score (nSPS) is 44.6. The van der Waals surface area contributed by atoms with Gasteiger partial charge in [0.15, 0.2) is 0 Å². The third kappa shape index (κ3) is 1.30. The molecule has 14 heavy (non-hydrogen) atoms. The first-order valence-corrected chi connectivity index (χ1v) is 9.10. The molecule has 2 rings (SSSR count). The zero-order chi connectivity index (χ0) is 10.4. The van der Waals surface area contributed by atoms with Gasteiger partial charge < -0.3 is 0 Å². The summed E-state index contributed by atoms with van der Waals surface area (Å²) in [5.41, 5.74) is 0.752. The summed E-state index contributed by atoms with van der Waals surface area (Å²) in [5.74, 6) is 0.807. The fraction of sp³-hybridized carbons (Fsp3) is 1.00. The summed E-state index contributed by atoms with van der Waals surface area (Å²) < 4.78 is 2.76. The van der Waals surface area contributed by atoms with Gasteiger partial charge in [0, 0.05) is 0 Å². The second-order valence-electron chi connectivity index (χ2n) is 5.50. The van der Waals surface area contributed by atoms with Crippen LogP contribution < -0.4 is 0 Å². The molecule has 2 aliphatic rings. The number of rotatable bonds is 3. The van der Waals surface area contributed by atoms with Crippen LogP contribution in [0.1, 0.15) is 40.0 Å². The predicted octanol–water partition coefficient (Wildman–Crippen LogP) is 2.73. The van der Waals surface area contributed by atoms with E-state index in [2.05, 4.69) is 20.8 Å². The quantitative estimate of drug-likeness (QED) is 0.795. The second-order valence-corrected chi connectivity index (χ2v) is 9.14. The van der Waals surface area contributed by atoms with Crippen molar-refractivity contribution in [2.75, 3.05) is 0 Å². The van der Waals surface area contributed by atoms with Crippen LogP contribution in [0.3, 0.4) is 0 Å². The summed E-state index contributed by atoms with van der Waals surface area (Å²) in [7, 11) is 0. The minimum atomic E-state index is 0.0212. The van der Waals surface area contributed by atoms with Gasteiger partial charge in [-0.2, -0.15) is 0 Å². The van der Waals surface area contributed by atoms with Crippen molar-refractivity contribution in [3.63, 3.8) is 0 Å². The van der Waals surface area contributed by atoms with E-state index >= 15 is 0 Å². The van der Waals surface area contributed by atoms with Crippen LogP contribution in [0.2, 0.25) is 8.94 Å².